The fourth-order valence-electron chi connectivity index (χ4n) is 3.17. The standard InChI is InChI=1S/C18H21ClN2O4S2/c1-14-7-8-17(15(2)13-14)26(22,23)20-9-11-21(12-10-20)27(24,25)18-6-4-3-5-16(18)19/h3-8,13H,9-12H2,1-2H3. The first-order valence-electron chi connectivity index (χ1n) is 8.46. The molecule has 0 aromatic heterocycles. The van der Waals surface area contributed by atoms with Crippen molar-refractivity contribution in [2.45, 2.75) is 23.6 Å². The fourth-order valence-corrected chi connectivity index (χ4v) is 6.71. The molecule has 0 amide bonds. The van der Waals surface area contributed by atoms with Crippen LogP contribution in [0, 0.1) is 13.8 Å². The van der Waals surface area contributed by atoms with Crippen LogP contribution in [0.5, 0.6) is 0 Å². The SMILES string of the molecule is Cc1ccc(S(=O)(=O)N2CCN(S(=O)(=O)c3ccccc3Cl)CC2)c(C)c1. The number of piperazine rings is 1. The average Bonchev–Trinajstić information content (AvgIpc) is 2.61. The lowest BCUT2D eigenvalue weighted by molar-refractivity contribution is 0.272. The van der Waals surface area contributed by atoms with Crippen LogP contribution in [0.25, 0.3) is 0 Å². The zero-order chi connectivity index (χ0) is 19.8. The average molecular weight is 429 g/mol. The van der Waals surface area contributed by atoms with Gasteiger partial charge in [-0.2, -0.15) is 8.61 Å². The third kappa shape index (κ3) is 3.90. The summed E-state index contributed by atoms with van der Waals surface area (Å²) in [7, 11) is -7.43. The third-order valence-corrected chi connectivity index (χ3v) is 9.06. The maximum atomic E-state index is 12.9. The van der Waals surface area contributed by atoms with Gasteiger partial charge >= 0.3 is 0 Å². The van der Waals surface area contributed by atoms with Crippen molar-refractivity contribution in [3.63, 3.8) is 0 Å². The lowest BCUT2D eigenvalue weighted by Gasteiger charge is -2.33. The van der Waals surface area contributed by atoms with Gasteiger partial charge in [-0.05, 0) is 37.6 Å². The van der Waals surface area contributed by atoms with Crippen LogP contribution in [-0.4, -0.2) is 51.6 Å². The van der Waals surface area contributed by atoms with Crippen molar-refractivity contribution in [3.8, 4) is 0 Å². The summed E-state index contributed by atoms with van der Waals surface area (Å²) < 4.78 is 54.1. The van der Waals surface area contributed by atoms with E-state index in [0.29, 0.717) is 5.56 Å². The van der Waals surface area contributed by atoms with Crippen LogP contribution < -0.4 is 0 Å². The second-order valence-electron chi connectivity index (χ2n) is 6.51. The van der Waals surface area contributed by atoms with Crippen molar-refractivity contribution in [1.29, 1.82) is 0 Å². The summed E-state index contributed by atoms with van der Waals surface area (Å²) in [6, 6.07) is 11.4. The Bertz CT molecular complexity index is 1060. The Labute approximate surface area is 165 Å². The summed E-state index contributed by atoms with van der Waals surface area (Å²) in [6.07, 6.45) is 0. The molecule has 2 aromatic rings. The number of rotatable bonds is 4. The highest BCUT2D eigenvalue weighted by Crippen LogP contribution is 2.27. The van der Waals surface area contributed by atoms with Crippen LogP contribution in [0.2, 0.25) is 5.02 Å². The molecule has 0 N–H and O–H groups in total. The molecule has 3 rings (SSSR count). The summed E-state index contributed by atoms with van der Waals surface area (Å²) in [6.45, 7) is 4.02. The van der Waals surface area contributed by atoms with E-state index in [0.717, 1.165) is 5.56 Å². The van der Waals surface area contributed by atoms with Gasteiger partial charge in [0.15, 0.2) is 0 Å². The fraction of sp³-hybridized carbons (Fsp3) is 0.333. The van der Waals surface area contributed by atoms with Gasteiger partial charge in [0, 0.05) is 26.2 Å². The first-order valence-corrected chi connectivity index (χ1v) is 11.7. The van der Waals surface area contributed by atoms with Crippen molar-refractivity contribution in [3.05, 3.63) is 58.6 Å². The molecule has 146 valence electrons. The van der Waals surface area contributed by atoms with E-state index in [-0.39, 0.29) is 41.0 Å². The molecule has 1 saturated heterocycles. The van der Waals surface area contributed by atoms with Gasteiger partial charge in [-0.25, -0.2) is 16.8 Å². The number of hydrogen-bond acceptors (Lipinski definition) is 4. The van der Waals surface area contributed by atoms with E-state index >= 15 is 0 Å². The van der Waals surface area contributed by atoms with Gasteiger partial charge in [-0.3, -0.25) is 0 Å². The second kappa shape index (κ2) is 7.52. The Morgan fingerprint density at radius 3 is 1.81 bits per heavy atom. The molecule has 0 radical (unpaired) electrons. The first-order chi connectivity index (χ1) is 12.6. The van der Waals surface area contributed by atoms with Gasteiger partial charge in [0.05, 0.1) is 9.92 Å². The van der Waals surface area contributed by atoms with Crippen molar-refractivity contribution in [2.24, 2.45) is 0 Å². The van der Waals surface area contributed by atoms with Crippen LogP contribution in [0.15, 0.2) is 52.3 Å². The topological polar surface area (TPSA) is 74.8 Å². The number of hydrogen-bond donors (Lipinski definition) is 0. The zero-order valence-electron chi connectivity index (χ0n) is 15.1. The van der Waals surface area contributed by atoms with E-state index in [1.54, 1.807) is 31.2 Å². The van der Waals surface area contributed by atoms with E-state index in [9.17, 15) is 16.8 Å². The quantitative estimate of drug-likeness (QED) is 0.750. The molecule has 0 unspecified atom stereocenters. The monoisotopic (exact) mass is 428 g/mol. The van der Waals surface area contributed by atoms with Gasteiger partial charge in [-0.15, -0.1) is 0 Å². The number of aryl methyl sites for hydroxylation is 2. The van der Waals surface area contributed by atoms with Crippen LogP contribution >= 0.6 is 11.6 Å². The van der Waals surface area contributed by atoms with Crippen molar-refractivity contribution in [2.75, 3.05) is 26.2 Å². The summed E-state index contributed by atoms with van der Waals surface area (Å²) in [5.41, 5.74) is 1.67. The molecule has 2 aromatic carbocycles. The predicted octanol–water partition coefficient (Wildman–Crippen LogP) is 2.65. The second-order valence-corrected chi connectivity index (χ2v) is 10.7. The molecule has 9 heteroatoms. The number of halogens is 1. The van der Waals surface area contributed by atoms with Gasteiger partial charge < -0.3 is 0 Å². The zero-order valence-corrected chi connectivity index (χ0v) is 17.5. The van der Waals surface area contributed by atoms with Gasteiger partial charge in [0.2, 0.25) is 20.0 Å². The molecular formula is C18H21ClN2O4S2. The Kier molecular flexibility index (Phi) is 5.65. The van der Waals surface area contributed by atoms with Crippen LogP contribution in [-0.2, 0) is 20.0 Å². The molecule has 1 aliphatic rings. The minimum atomic E-state index is -3.76. The largest absolute Gasteiger partial charge is 0.244 e. The first kappa shape index (κ1) is 20.3. The highest BCUT2D eigenvalue weighted by molar-refractivity contribution is 7.89. The highest BCUT2D eigenvalue weighted by atomic mass is 35.5. The van der Waals surface area contributed by atoms with Crippen molar-refractivity contribution >= 4 is 31.6 Å². The van der Waals surface area contributed by atoms with E-state index in [4.69, 9.17) is 11.6 Å². The summed E-state index contributed by atoms with van der Waals surface area (Å²) >= 11 is 6.03. The number of benzene rings is 2. The molecule has 0 aliphatic carbocycles. The van der Waals surface area contributed by atoms with E-state index in [1.807, 2.05) is 13.0 Å². The van der Waals surface area contributed by atoms with E-state index in [1.165, 1.54) is 20.7 Å². The highest BCUT2D eigenvalue weighted by Gasteiger charge is 2.34. The van der Waals surface area contributed by atoms with Crippen molar-refractivity contribution in [1.82, 2.24) is 8.61 Å². The van der Waals surface area contributed by atoms with Gasteiger partial charge in [0.25, 0.3) is 0 Å². The molecular weight excluding hydrogens is 408 g/mol. The summed E-state index contributed by atoms with van der Waals surface area (Å²) in [5, 5.41) is 0.155. The van der Waals surface area contributed by atoms with Crippen molar-refractivity contribution < 1.29 is 16.8 Å². The van der Waals surface area contributed by atoms with E-state index < -0.39 is 20.0 Å². The lowest BCUT2D eigenvalue weighted by atomic mass is 10.2. The van der Waals surface area contributed by atoms with Crippen LogP contribution in [0.3, 0.4) is 0 Å². The molecule has 27 heavy (non-hydrogen) atoms. The molecule has 1 heterocycles. The van der Waals surface area contributed by atoms with Gasteiger partial charge in [-0.1, -0.05) is 41.4 Å². The minimum absolute atomic E-state index is 0.0392. The summed E-state index contributed by atoms with van der Waals surface area (Å²) in [4.78, 5) is 0.299. The molecule has 1 fully saturated rings. The summed E-state index contributed by atoms with van der Waals surface area (Å²) in [5.74, 6) is 0. The maximum absolute atomic E-state index is 12.9. The third-order valence-electron chi connectivity index (χ3n) is 4.60. The molecule has 6 nitrogen and oxygen atoms in total. The smallest absolute Gasteiger partial charge is 0.207 e. The predicted molar refractivity (Wildman–Crippen MR) is 105 cm³/mol. The number of nitrogens with zero attached hydrogens (tertiary/aromatic N) is 2. The number of sulfonamides is 2. The molecule has 1 aliphatic heterocycles. The normalized spacial score (nSPS) is 17.1. The minimum Gasteiger partial charge on any atom is -0.207 e. The Balaban J connectivity index is 1.80. The van der Waals surface area contributed by atoms with Crippen LogP contribution in [0.1, 0.15) is 11.1 Å². The Hall–Kier alpha value is -1.45. The van der Waals surface area contributed by atoms with Crippen LogP contribution in [0.4, 0.5) is 0 Å². The Morgan fingerprint density at radius 1 is 0.778 bits per heavy atom. The molecule has 0 spiro atoms. The lowest BCUT2D eigenvalue weighted by Crippen LogP contribution is -2.50. The Morgan fingerprint density at radius 2 is 1.30 bits per heavy atom. The van der Waals surface area contributed by atoms with E-state index in [2.05, 4.69) is 0 Å². The molecule has 0 atom stereocenters. The molecule has 0 saturated carbocycles. The van der Waals surface area contributed by atoms with Gasteiger partial charge in [0.1, 0.15) is 4.90 Å². The maximum Gasteiger partial charge on any atom is 0.244 e. The molecule has 0 bridgehead atoms.